The summed E-state index contributed by atoms with van der Waals surface area (Å²) in [6.07, 6.45) is 0. The number of hydrogen-bond acceptors (Lipinski definition) is 5. The zero-order chi connectivity index (χ0) is 18.7. The van der Waals surface area contributed by atoms with Gasteiger partial charge in [-0.25, -0.2) is 4.79 Å². The molecule has 1 atom stereocenters. The monoisotopic (exact) mass is 379 g/mol. The summed E-state index contributed by atoms with van der Waals surface area (Å²) < 4.78 is 10.0. The first kappa shape index (κ1) is 19.0. The van der Waals surface area contributed by atoms with Gasteiger partial charge in [-0.15, -0.1) is 0 Å². The van der Waals surface area contributed by atoms with Crippen molar-refractivity contribution in [1.29, 1.82) is 0 Å². The van der Waals surface area contributed by atoms with Gasteiger partial charge in [-0.2, -0.15) is 0 Å². The molecule has 1 heterocycles. The second-order valence-corrected chi connectivity index (χ2v) is 6.11. The summed E-state index contributed by atoms with van der Waals surface area (Å²) >= 11 is 12.1. The van der Waals surface area contributed by atoms with Crippen molar-refractivity contribution in [2.75, 3.05) is 7.11 Å². The average molecular weight is 380 g/mol. The van der Waals surface area contributed by atoms with Crippen LogP contribution < -0.4 is 0 Å². The molecule has 2 rings (SSSR count). The largest absolute Gasteiger partial charge is 0.466 e. The van der Waals surface area contributed by atoms with Crippen LogP contribution in [0.1, 0.15) is 18.6 Å². The molecule has 1 aromatic carbocycles. The van der Waals surface area contributed by atoms with E-state index in [4.69, 9.17) is 27.7 Å². The highest BCUT2D eigenvalue weighted by molar-refractivity contribution is 6.36. The van der Waals surface area contributed by atoms with E-state index in [1.54, 1.807) is 24.3 Å². The number of esters is 1. The number of Topliss-reactive ketones (excluding diaryl/α,β-unsaturated/α-hetero) is 1. The van der Waals surface area contributed by atoms with Crippen molar-refractivity contribution in [2.45, 2.75) is 12.8 Å². The van der Waals surface area contributed by atoms with E-state index in [9.17, 15) is 9.59 Å². The number of rotatable bonds is 6. The van der Waals surface area contributed by atoms with Crippen molar-refractivity contribution in [3.8, 4) is 11.3 Å². The van der Waals surface area contributed by atoms with Gasteiger partial charge in [0.25, 0.3) is 0 Å². The van der Waals surface area contributed by atoms with E-state index in [1.807, 2.05) is 0 Å². The summed E-state index contributed by atoms with van der Waals surface area (Å²) in [5, 5.41) is 4.83. The van der Waals surface area contributed by atoms with Crippen LogP contribution in [-0.4, -0.2) is 24.0 Å². The fraction of sp³-hybridized carbons (Fsp3) is 0.167. The van der Waals surface area contributed by atoms with Gasteiger partial charge < -0.3 is 9.26 Å². The Morgan fingerprint density at radius 3 is 2.44 bits per heavy atom. The Hall–Kier alpha value is -2.37. The number of allylic oxidation sites excluding steroid dienone is 1. The molecule has 7 heteroatoms. The van der Waals surface area contributed by atoms with Gasteiger partial charge in [0.05, 0.1) is 18.1 Å². The van der Waals surface area contributed by atoms with Crippen molar-refractivity contribution < 1.29 is 18.8 Å². The molecule has 2 aromatic rings. The number of methoxy groups -OCH3 is 1. The van der Waals surface area contributed by atoms with E-state index in [2.05, 4.69) is 23.1 Å². The lowest BCUT2D eigenvalue weighted by Gasteiger charge is -2.15. The van der Waals surface area contributed by atoms with Crippen LogP contribution in [-0.2, 0) is 14.3 Å². The normalized spacial score (nSPS) is 11.7. The summed E-state index contributed by atoms with van der Waals surface area (Å²) in [5.41, 5.74) is 1.18. The second-order valence-electron chi connectivity index (χ2n) is 5.27. The molecule has 0 bridgehead atoms. The molecular formula is C18H15Cl2NO4. The highest BCUT2D eigenvalue weighted by atomic mass is 35.5. The van der Waals surface area contributed by atoms with Gasteiger partial charge >= 0.3 is 5.97 Å². The minimum atomic E-state index is -0.878. The molecule has 0 saturated carbocycles. The maximum absolute atomic E-state index is 11.8. The maximum Gasteiger partial charge on any atom is 0.334 e. The minimum Gasteiger partial charge on any atom is -0.466 e. The highest BCUT2D eigenvalue weighted by Gasteiger charge is 2.30. The van der Waals surface area contributed by atoms with E-state index in [0.29, 0.717) is 21.3 Å². The number of ketones is 1. The van der Waals surface area contributed by atoms with Crippen molar-refractivity contribution in [3.63, 3.8) is 0 Å². The van der Waals surface area contributed by atoms with Crippen LogP contribution in [0.2, 0.25) is 10.0 Å². The smallest absolute Gasteiger partial charge is 0.334 e. The number of carbonyl (C=O) groups is 2. The van der Waals surface area contributed by atoms with Gasteiger partial charge in [-0.05, 0) is 25.1 Å². The first-order valence-corrected chi connectivity index (χ1v) is 7.90. The maximum atomic E-state index is 11.8. The zero-order valence-electron chi connectivity index (χ0n) is 13.6. The van der Waals surface area contributed by atoms with Gasteiger partial charge in [-0.1, -0.05) is 41.5 Å². The van der Waals surface area contributed by atoms with Crippen LogP contribution in [0.4, 0.5) is 0 Å². The first-order valence-electron chi connectivity index (χ1n) is 7.15. The van der Waals surface area contributed by atoms with Crippen LogP contribution >= 0.6 is 23.2 Å². The molecule has 130 valence electrons. The predicted octanol–water partition coefficient (Wildman–Crippen LogP) is 4.61. The van der Waals surface area contributed by atoms with E-state index in [1.165, 1.54) is 14.0 Å². The van der Waals surface area contributed by atoms with E-state index < -0.39 is 11.9 Å². The number of ether oxygens (including phenoxy) is 1. The van der Waals surface area contributed by atoms with Crippen molar-refractivity contribution in [1.82, 2.24) is 5.16 Å². The lowest BCUT2D eigenvalue weighted by atomic mass is 9.88. The Labute approximate surface area is 154 Å². The Kier molecular flexibility index (Phi) is 5.82. The van der Waals surface area contributed by atoms with Crippen LogP contribution in [0.3, 0.4) is 0 Å². The Morgan fingerprint density at radius 2 is 1.88 bits per heavy atom. The van der Waals surface area contributed by atoms with Gasteiger partial charge in [0, 0.05) is 27.8 Å². The summed E-state index contributed by atoms with van der Waals surface area (Å²) in [7, 11) is 1.22. The first-order chi connectivity index (χ1) is 11.8. The van der Waals surface area contributed by atoms with Crippen LogP contribution in [0.5, 0.6) is 0 Å². The van der Waals surface area contributed by atoms with Crippen molar-refractivity contribution in [2.24, 2.45) is 0 Å². The van der Waals surface area contributed by atoms with Crippen molar-refractivity contribution in [3.05, 3.63) is 64.4 Å². The molecule has 5 nitrogen and oxygen atoms in total. The molecular weight excluding hydrogens is 365 g/mol. The molecule has 0 N–H and O–H groups in total. The third-order valence-corrected chi connectivity index (χ3v) is 4.16. The van der Waals surface area contributed by atoms with E-state index in [0.717, 1.165) is 0 Å². The Bertz CT molecular complexity index is 870. The number of benzene rings is 1. The van der Waals surface area contributed by atoms with Crippen LogP contribution in [0.25, 0.3) is 11.3 Å². The number of aromatic nitrogens is 1. The molecule has 0 saturated heterocycles. The third kappa shape index (κ3) is 4.00. The topological polar surface area (TPSA) is 69.4 Å². The Morgan fingerprint density at radius 1 is 1.20 bits per heavy atom. The minimum absolute atomic E-state index is 0.0209. The molecule has 0 spiro atoms. The van der Waals surface area contributed by atoms with Gasteiger partial charge in [0.1, 0.15) is 11.5 Å². The zero-order valence-corrected chi connectivity index (χ0v) is 15.1. The Balaban J connectivity index is 2.48. The van der Waals surface area contributed by atoms with E-state index >= 15 is 0 Å². The summed E-state index contributed by atoms with van der Waals surface area (Å²) in [6.45, 7) is 8.77. The predicted molar refractivity (Wildman–Crippen MR) is 95.7 cm³/mol. The molecule has 0 amide bonds. The SMILES string of the molecule is C=C(C(C)=O)C(C(=C)C(=O)OC)c1cc(-c2ccc(Cl)cc2Cl)no1. The summed E-state index contributed by atoms with van der Waals surface area (Å²) in [6, 6.07) is 6.50. The number of carbonyl (C=O) groups excluding carboxylic acids is 2. The molecule has 0 radical (unpaired) electrons. The number of halogens is 2. The highest BCUT2D eigenvalue weighted by Crippen LogP contribution is 2.36. The molecule has 25 heavy (non-hydrogen) atoms. The lowest BCUT2D eigenvalue weighted by Crippen LogP contribution is -2.16. The molecule has 0 aliphatic heterocycles. The fourth-order valence-electron chi connectivity index (χ4n) is 2.26. The van der Waals surface area contributed by atoms with Gasteiger partial charge in [0.15, 0.2) is 5.78 Å². The summed E-state index contributed by atoms with van der Waals surface area (Å²) in [5.74, 6) is -1.62. The average Bonchev–Trinajstić information content (AvgIpc) is 3.03. The van der Waals surface area contributed by atoms with Gasteiger partial charge in [-0.3, -0.25) is 4.79 Å². The van der Waals surface area contributed by atoms with Crippen molar-refractivity contribution >= 4 is 35.0 Å². The standard InChI is InChI=1S/C18H15Cl2NO4/c1-9(11(3)22)17(10(2)18(23)24-4)16-8-15(21-25-16)13-6-5-12(19)7-14(13)20/h5-8,17H,1-2H2,3-4H3. The molecule has 0 aliphatic rings. The molecule has 1 aromatic heterocycles. The quantitative estimate of drug-likeness (QED) is 0.541. The molecule has 0 aliphatic carbocycles. The van der Waals surface area contributed by atoms with Gasteiger partial charge in [0.2, 0.25) is 0 Å². The lowest BCUT2D eigenvalue weighted by molar-refractivity contribution is -0.136. The fourth-order valence-corrected chi connectivity index (χ4v) is 2.76. The number of hydrogen-bond donors (Lipinski definition) is 0. The third-order valence-electron chi connectivity index (χ3n) is 3.62. The molecule has 0 fully saturated rings. The van der Waals surface area contributed by atoms with Crippen LogP contribution in [0, 0.1) is 0 Å². The molecule has 1 unspecified atom stereocenters. The summed E-state index contributed by atoms with van der Waals surface area (Å²) in [4.78, 5) is 23.6. The number of nitrogens with zero attached hydrogens (tertiary/aromatic N) is 1. The van der Waals surface area contributed by atoms with E-state index in [-0.39, 0.29) is 22.7 Å². The van der Waals surface area contributed by atoms with Crippen LogP contribution in [0.15, 0.2) is 53.1 Å². The second kappa shape index (κ2) is 7.68.